The van der Waals surface area contributed by atoms with Gasteiger partial charge in [0.15, 0.2) is 5.82 Å². The number of likely N-dealkylation sites (tertiary alicyclic amines) is 1. The molecular formula is C20H24F2N6O3. The highest BCUT2D eigenvalue weighted by Crippen LogP contribution is 2.39. The van der Waals surface area contributed by atoms with Gasteiger partial charge in [0.25, 0.3) is 11.5 Å². The van der Waals surface area contributed by atoms with E-state index in [1.165, 1.54) is 25.0 Å². The third kappa shape index (κ3) is 5.22. The summed E-state index contributed by atoms with van der Waals surface area (Å²) < 4.78 is 34.5. The minimum atomic E-state index is -2.99. The van der Waals surface area contributed by atoms with Gasteiger partial charge in [0.2, 0.25) is 11.8 Å². The number of H-pyrrole nitrogens is 1. The number of nitrogens with zero attached hydrogens (tertiary/aromatic N) is 4. The molecule has 0 spiro atoms. The lowest BCUT2D eigenvalue weighted by molar-refractivity contribution is -0.125. The second kappa shape index (κ2) is 8.66. The van der Waals surface area contributed by atoms with Crippen LogP contribution in [0.15, 0.2) is 29.1 Å². The van der Waals surface area contributed by atoms with E-state index in [1.54, 1.807) is 24.0 Å². The number of ether oxygens (including phenoxy) is 1. The van der Waals surface area contributed by atoms with Crippen LogP contribution >= 0.6 is 0 Å². The van der Waals surface area contributed by atoms with Crippen LogP contribution in [-0.2, 0) is 4.79 Å². The molecule has 1 amide bonds. The van der Waals surface area contributed by atoms with Crippen molar-refractivity contribution in [3.05, 3.63) is 40.3 Å². The van der Waals surface area contributed by atoms with Gasteiger partial charge < -0.3 is 10.1 Å². The molecule has 2 atom stereocenters. The number of alkyl halides is 2. The van der Waals surface area contributed by atoms with E-state index in [2.05, 4.69) is 25.7 Å². The van der Waals surface area contributed by atoms with Crippen molar-refractivity contribution in [2.24, 2.45) is 5.92 Å². The molecule has 2 aliphatic rings. The van der Waals surface area contributed by atoms with E-state index in [4.69, 9.17) is 4.74 Å². The van der Waals surface area contributed by atoms with Crippen LogP contribution in [0.3, 0.4) is 0 Å². The lowest BCUT2D eigenvalue weighted by Gasteiger charge is -2.40. The first-order chi connectivity index (χ1) is 14.8. The lowest BCUT2D eigenvalue weighted by atomic mass is 9.89. The van der Waals surface area contributed by atoms with E-state index in [-0.39, 0.29) is 30.5 Å². The van der Waals surface area contributed by atoms with E-state index < -0.39 is 29.9 Å². The molecule has 11 heteroatoms. The Hall–Kier alpha value is -2.95. The summed E-state index contributed by atoms with van der Waals surface area (Å²) in [4.78, 5) is 25.5. The van der Waals surface area contributed by atoms with Crippen molar-refractivity contribution in [1.29, 1.82) is 0 Å². The van der Waals surface area contributed by atoms with Crippen LogP contribution in [0.2, 0.25) is 0 Å². The predicted molar refractivity (Wildman–Crippen MR) is 107 cm³/mol. The number of aromatic amines is 1. The first-order valence-electron chi connectivity index (χ1n) is 10.3. The Balaban J connectivity index is 1.37. The van der Waals surface area contributed by atoms with Crippen molar-refractivity contribution in [1.82, 2.24) is 25.3 Å². The second-order valence-corrected chi connectivity index (χ2v) is 8.08. The number of rotatable bonds is 7. The van der Waals surface area contributed by atoms with Gasteiger partial charge in [0, 0.05) is 31.6 Å². The normalized spacial score (nSPS) is 22.0. The van der Waals surface area contributed by atoms with Crippen LogP contribution < -0.4 is 15.6 Å². The Labute approximate surface area is 177 Å². The van der Waals surface area contributed by atoms with Gasteiger partial charge in [-0.15, -0.1) is 10.2 Å². The summed E-state index contributed by atoms with van der Waals surface area (Å²) in [6.07, 6.45) is 1.92. The van der Waals surface area contributed by atoms with Crippen molar-refractivity contribution in [2.75, 3.05) is 25.0 Å². The fraction of sp³-hybridized carbons (Fsp3) is 0.550. The molecule has 2 N–H and O–H groups in total. The van der Waals surface area contributed by atoms with E-state index in [0.29, 0.717) is 18.4 Å². The minimum absolute atomic E-state index is 0.0566. The van der Waals surface area contributed by atoms with Gasteiger partial charge in [-0.2, -0.15) is 5.10 Å². The Bertz CT molecular complexity index is 959. The van der Waals surface area contributed by atoms with Crippen molar-refractivity contribution >= 4 is 11.7 Å². The average molecular weight is 434 g/mol. The molecule has 9 nitrogen and oxygen atoms in total. The highest BCUT2D eigenvalue weighted by atomic mass is 19.3. The number of hydrogen-bond acceptors (Lipinski definition) is 7. The fourth-order valence-electron chi connectivity index (χ4n) is 3.49. The standard InChI is InChI=1S/C20H24F2N6O3/c1-12(19(30)23-16-5-7-18(27-25-16)31-11-13-2-3-13)28-9-8-20(21,22)14(10-28)15-4-6-17(29)26-24-15/h4-7,12-14H,2-3,8-11H2,1H3,(H,26,29)(H,23,25,30)/t12-,14+/m0/s1. The molecule has 0 bridgehead atoms. The zero-order valence-electron chi connectivity index (χ0n) is 17.1. The van der Waals surface area contributed by atoms with Crippen LogP contribution in [0.5, 0.6) is 5.88 Å². The van der Waals surface area contributed by atoms with Crippen LogP contribution in [0.25, 0.3) is 0 Å². The van der Waals surface area contributed by atoms with Crippen LogP contribution in [0, 0.1) is 5.92 Å². The van der Waals surface area contributed by atoms with Gasteiger partial charge in [-0.05, 0) is 37.8 Å². The first kappa shape index (κ1) is 21.3. The summed E-state index contributed by atoms with van der Waals surface area (Å²) in [5, 5.41) is 16.5. The first-order valence-corrected chi connectivity index (χ1v) is 10.3. The number of nitrogens with one attached hydrogen (secondary N) is 2. The molecule has 4 rings (SSSR count). The topological polar surface area (TPSA) is 113 Å². The Kier molecular flexibility index (Phi) is 5.94. The zero-order valence-corrected chi connectivity index (χ0v) is 17.1. The molecular weight excluding hydrogens is 410 g/mol. The van der Waals surface area contributed by atoms with Crippen molar-refractivity contribution < 1.29 is 18.3 Å². The van der Waals surface area contributed by atoms with Crippen LogP contribution in [0.1, 0.15) is 37.8 Å². The third-order valence-corrected chi connectivity index (χ3v) is 5.70. The number of carbonyl (C=O) groups is 1. The number of aromatic nitrogens is 4. The van der Waals surface area contributed by atoms with E-state index in [9.17, 15) is 18.4 Å². The molecule has 0 radical (unpaired) electrons. The molecule has 2 aromatic heterocycles. The average Bonchev–Trinajstić information content (AvgIpc) is 3.58. The zero-order chi connectivity index (χ0) is 22.0. The van der Waals surface area contributed by atoms with Gasteiger partial charge in [-0.25, -0.2) is 13.9 Å². The van der Waals surface area contributed by atoms with Gasteiger partial charge >= 0.3 is 0 Å². The quantitative estimate of drug-likeness (QED) is 0.683. The largest absolute Gasteiger partial charge is 0.476 e. The lowest BCUT2D eigenvalue weighted by Crippen LogP contribution is -2.52. The third-order valence-electron chi connectivity index (χ3n) is 5.70. The molecule has 166 valence electrons. The maximum absolute atomic E-state index is 14.5. The molecule has 1 aliphatic carbocycles. The number of piperidine rings is 1. The Morgan fingerprint density at radius 2 is 2.13 bits per heavy atom. The summed E-state index contributed by atoms with van der Waals surface area (Å²) in [6.45, 7) is 2.25. The molecule has 31 heavy (non-hydrogen) atoms. The monoisotopic (exact) mass is 434 g/mol. The summed E-state index contributed by atoms with van der Waals surface area (Å²) >= 11 is 0. The van der Waals surface area contributed by atoms with Gasteiger partial charge in [-0.3, -0.25) is 14.5 Å². The summed E-state index contributed by atoms with van der Waals surface area (Å²) in [7, 11) is 0. The van der Waals surface area contributed by atoms with Gasteiger partial charge in [-0.1, -0.05) is 0 Å². The Morgan fingerprint density at radius 3 is 2.77 bits per heavy atom. The number of amides is 1. The molecule has 0 aromatic carbocycles. The van der Waals surface area contributed by atoms with Crippen molar-refractivity contribution in [2.45, 2.75) is 44.1 Å². The van der Waals surface area contributed by atoms with E-state index >= 15 is 0 Å². The van der Waals surface area contributed by atoms with Crippen molar-refractivity contribution in [3.8, 4) is 5.88 Å². The van der Waals surface area contributed by atoms with Gasteiger partial charge in [0.05, 0.1) is 24.3 Å². The summed E-state index contributed by atoms with van der Waals surface area (Å²) in [5.74, 6) is -3.34. The van der Waals surface area contributed by atoms with E-state index in [1.807, 2.05) is 0 Å². The number of halogens is 2. The number of hydrogen-bond donors (Lipinski definition) is 2. The molecule has 0 unspecified atom stereocenters. The molecule has 1 aliphatic heterocycles. The smallest absolute Gasteiger partial charge is 0.264 e. The second-order valence-electron chi connectivity index (χ2n) is 8.08. The van der Waals surface area contributed by atoms with Gasteiger partial charge in [0.1, 0.15) is 0 Å². The molecule has 1 saturated heterocycles. The SMILES string of the molecule is C[C@@H](C(=O)Nc1ccc(OCC2CC2)nn1)N1CCC(F)(F)[C@@H](c2ccc(=O)[nH]n2)C1. The fourth-order valence-corrected chi connectivity index (χ4v) is 3.49. The summed E-state index contributed by atoms with van der Waals surface area (Å²) in [5.41, 5.74) is -0.368. The van der Waals surface area contributed by atoms with Crippen LogP contribution in [-0.4, -0.2) is 62.9 Å². The highest BCUT2D eigenvalue weighted by molar-refractivity contribution is 5.93. The van der Waals surface area contributed by atoms with E-state index in [0.717, 1.165) is 0 Å². The van der Waals surface area contributed by atoms with Crippen molar-refractivity contribution in [3.63, 3.8) is 0 Å². The molecule has 1 saturated carbocycles. The molecule has 2 aromatic rings. The minimum Gasteiger partial charge on any atom is -0.476 e. The number of carbonyl (C=O) groups excluding carboxylic acids is 1. The summed E-state index contributed by atoms with van der Waals surface area (Å²) in [6, 6.07) is 5.03. The number of anilines is 1. The highest BCUT2D eigenvalue weighted by Gasteiger charge is 2.47. The molecule has 2 fully saturated rings. The van der Waals surface area contributed by atoms with Crippen LogP contribution in [0.4, 0.5) is 14.6 Å². The predicted octanol–water partition coefficient (Wildman–Crippen LogP) is 1.80. The maximum Gasteiger partial charge on any atom is 0.264 e. The maximum atomic E-state index is 14.5. The molecule has 3 heterocycles. The Morgan fingerprint density at radius 1 is 1.32 bits per heavy atom.